The van der Waals surface area contributed by atoms with Crippen LogP contribution < -0.4 is 10.4 Å². The second-order valence-corrected chi connectivity index (χ2v) is 5.33. The molecule has 0 spiro atoms. The fourth-order valence-electron chi connectivity index (χ4n) is 1.65. The van der Waals surface area contributed by atoms with E-state index in [9.17, 15) is 19.1 Å². The third kappa shape index (κ3) is 4.09. The molecule has 1 heterocycles. The Bertz CT molecular complexity index is 654. The summed E-state index contributed by atoms with van der Waals surface area (Å²) in [5, 5.41) is 15.3. The maximum atomic E-state index is 12.8. The molecule has 2 rings (SSSR count). The van der Waals surface area contributed by atoms with Crippen LogP contribution in [0.4, 0.5) is 10.1 Å². The maximum Gasteiger partial charge on any atom is 0.234 e. The Morgan fingerprint density at radius 1 is 1.38 bits per heavy atom. The molecule has 1 atom stereocenters. The molecule has 1 amide bonds. The molecule has 7 heteroatoms. The molecule has 0 saturated carbocycles. The highest BCUT2D eigenvalue weighted by Gasteiger charge is 2.19. The van der Waals surface area contributed by atoms with Crippen LogP contribution in [0.25, 0.3) is 0 Å². The zero-order valence-electron chi connectivity index (χ0n) is 11.1. The SMILES string of the molecule is C[C@@H](C(=O)Nc1ccc(F)cc1)c1nc(CC(=O)[O-])cs1. The van der Waals surface area contributed by atoms with E-state index in [2.05, 4.69) is 10.3 Å². The second kappa shape index (κ2) is 6.45. The van der Waals surface area contributed by atoms with Crippen molar-refractivity contribution in [2.45, 2.75) is 19.3 Å². The number of anilines is 1. The summed E-state index contributed by atoms with van der Waals surface area (Å²) in [6, 6.07) is 5.43. The van der Waals surface area contributed by atoms with Crippen molar-refractivity contribution < 1.29 is 19.1 Å². The average Bonchev–Trinajstić information content (AvgIpc) is 2.88. The van der Waals surface area contributed by atoms with Crippen LogP contribution in [0.15, 0.2) is 29.6 Å². The highest BCUT2D eigenvalue weighted by molar-refractivity contribution is 7.09. The zero-order valence-corrected chi connectivity index (χ0v) is 11.9. The van der Waals surface area contributed by atoms with Gasteiger partial charge in [-0.25, -0.2) is 9.37 Å². The van der Waals surface area contributed by atoms with Gasteiger partial charge in [0.25, 0.3) is 0 Å². The van der Waals surface area contributed by atoms with Gasteiger partial charge in [0.2, 0.25) is 5.91 Å². The standard InChI is InChI=1S/C14H13FN2O3S/c1-8(14-17-11(7-21-14)6-12(18)19)13(20)16-10-4-2-9(15)3-5-10/h2-5,7-8H,6H2,1H3,(H,16,20)(H,18,19)/p-1/t8-/m0/s1. The summed E-state index contributed by atoms with van der Waals surface area (Å²) in [4.78, 5) is 26.7. The van der Waals surface area contributed by atoms with Crippen LogP contribution in [0.1, 0.15) is 23.5 Å². The lowest BCUT2D eigenvalue weighted by Gasteiger charge is -2.09. The minimum absolute atomic E-state index is 0.275. The van der Waals surface area contributed by atoms with Crippen LogP contribution in [-0.4, -0.2) is 16.9 Å². The minimum atomic E-state index is -1.21. The van der Waals surface area contributed by atoms with Crippen molar-refractivity contribution in [2.75, 3.05) is 5.32 Å². The molecule has 0 saturated heterocycles. The van der Waals surface area contributed by atoms with E-state index in [1.165, 1.54) is 35.6 Å². The third-order valence-corrected chi connectivity index (χ3v) is 3.85. The van der Waals surface area contributed by atoms with Crippen molar-refractivity contribution in [1.29, 1.82) is 0 Å². The predicted molar refractivity (Wildman–Crippen MR) is 74.3 cm³/mol. The number of benzene rings is 1. The first-order valence-electron chi connectivity index (χ1n) is 6.16. The number of carboxylic acids is 1. The molecular weight excluding hydrogens is 295 g/mol. The molecule has 0 aliphatic carbocycles. The van der Waals surface area contributed by atoms with Crippen molar-refractivity contribution in [2.24, 2.45) is 0 Å². The molecular formula is C14H12FN2O3S-. The Morgan fingerprint density at radius 3 is 2.67 bits per heavy atom. The largest absolute Gasteiger partial charge is 0.550 e. The van der Waals surface area contributed by atoms with Gasteiger partial charge in [0.15, 0.2) is 0 Å². The molecule has 0 radical (unpaired) electrons. The van der Waals surface area contributed by atoms with Gasteiger partial charge >= 0.3 is 0 Å². The number of hydrogen-bond donors (Lipinski definition) is 1. The summed E-state index contributed by atoms with van der Waals surface area (Å²) in [7, 11) is 0. The van der Waals surface area contributed by atoms with Gasteiger partial charge in [-0.1, -0.05) is 0 Å². The van der Waals surface area contributed by atoms with E-state index in [-0.39, 0.29) is 18.1 Å². The molecule has 5 nitrogen and oxygen atoms in total. The number of aromatic nitrogens is 1. The van der Waals surface area contributed by atoms with Gasteiger partial charge in [0.1, 0.15) is 10.8 Å². The molecule has 0 aliphatic heterocycles. The third-order valence-electron chi connectivity index (χ3n) is 2.77. The molecule has 110 valence electrons. The highest BCUT2D eigenvalue weighted by Crippen LogP contribution is 2.22. The second-order valence-electron chi connectivity index (χ2n) is 4.44. The van der Waals surface area contributed by atoms with Crippen LogP contribution >= 0.6 is 11.3 Å². The first-order chi connectivity index (χ1) is 9.95. The van der Waals surface area contributed by atoms with Crippen molar-refractivity contribution in [1.82, 2.24) is 4.98 Å². The van der Waals surface area contributed by atoms with Gasteiger partial charge in [-0.05, 0) is 31.2 Å². The number of hydrogen-bond acceptors (Lipinski definition) is 5. The van der Waals surface area contributed by atoms with Crippen molar-refractivity contribution in [3.05, 3.63) is 46.2 Å². The molecule has 0 aliphatic rings. The molecule has 1 N–H and O–H groups in total. The lowest BCUT2D eigenvalue weighted by atomic mass is 10.1. The van der Waals surface area contributed by atoms with E-state index in [4.69, 9.17) is 0 Å². The number of carbonyl (C=O) groups is 2. The lowest BCUT2D eigenvalue weighted by Crippen LogP contribution is -2.24. The molecule has 0 unspecified atom stereocenters. The number of nitrogens with one attached hydrogen (secondary N) is 1. The number of aliphatic carboxylic acids is 1. The summed E-state index contributed by atoms with van der Waals surface area (Å²) in [6.07, 6.45) is -0.275. The first-order valence-corrected chi connectivity index (χ1v) is 7.04. The molecule has 1 aromatic heterocycles. The van der Waals surface area contributed by atoms with E-state index < -0.39 is 11.9 Å². The lowest BCUT2D eigenvalue weighted by molar-refractivity contribution is -0.304. The van der Waals surface area contributed by atoms with E-state index >= 15 is 0 Å². The maximum absolute atomic E-state index is 12.8. The Hall–Kier alpha value is -2.28. The van der Waals surface area contributed by atoms with Crippen LogP contribution in [0.2, 0.25) is 0 Å². The van der Waals surface area contributed by atoms with Crippen molar-refractivity contribution in [3.8, 4) is 0 Å². The highest BCUT2D eigenvalue weighted by atomic mass is 32.1. The van der Waals surface area contributed by atoms with Crippen LogP contribution in [-0.2, 0) is 16.0 Å². The number of halogens is 1. The minimum Gasteiger partial charge on any atom is -0.550 e. The molecule has 21 heavy (non-hydrogen) atoms. The Balaban J connectivity index is 2.03. The van der Waals surface area contributed by atoms with Gasteiger partial charge < -0.3 is 15.2 Å². The average molecular weight is 307 g/mol. The summed E-state index contributed by atoms with van der Waals surface area (Å²) in [5.41, 5.74) is 0.858. The topological polar surface area (TPSA) is 82.1 Å². The van der Waals surface area contributed by atoms with E-state index in [1.807, 2.05) is 0 Å². The smallest absolute Gasteiger partial charge is 0.234 e. The van der Waals surface area contributed by atoms with Gasteiger partial charge in [-0.15, -0.1) is 11.3 Å². The summed E-state index contributed by atoms with van der Waals surface area (Å²) < 4.78 is 12.8. The molecule has 0 fully saturated rings. The Labute approximate surface area is 124 Å². The fraction of sp³-hybridized carbons (Fsp3) is 0.214. The quantitative estimate of drug-likeness (QED) is 0.903. The fourth-order valence-corrected chi connectivity index (χ4v) is 2.52. The Kier molecular flexibility index (Phi) is 4.64. The molecule has 0 bridgehead atoms. The number of amides is 1. The number of carbonyl (C=O) groups excluding carboxylic acids is 2. The summed E-state index contributed by atoms with van der Waals surface area (Å²) in [6.45, 7) is 1.67. The number of nitrogens with zero attached hydrogens (tertiary/aromatic N) is 1. The van der Waals surface area contributed by atoms with Gasteiger partial charge in [0, 0.05) is 23.5 Å². The van der Waals surface area contributed by atoms with E-state index in [0.29, 0.717) is 16.4 Å². The van der Waals surface area contributed by atoms with Gasteiger partial charge in [-0.2, -0.15) is 0 Å². The van der Waals surface area contributed by atoms with Crippen LogP contribution in [0, 0.1) is 5.82 Å². The first kappa shape index (κ1) is 15.1. The van der Waals surface area contributed by atoms with E-state index in [0.717, 1.165) is 0 Å². The summed E-state index contributed by atoms with van der Waals surface area (Å²) in [5.74, 6) is -2.42. The monoisotopic (exact) mass is 307 g/mol. The van der Waals surface area contributed by atoms with Crippen molar-refractivity contribution in [3.63, 3.8) is 0 Å². The Morgan fingerprint density at radius 2 is 2.05 bits per heavy atom. The van der Waals surface area contributed by atoms with Crippen LogP contribution in [0.3, 0.4) is 0 Å². The van der Waals surface area contributed by atoms with Gasteiger partial charge in [0.05, 0.1) is 11.6 Å². The van der Waals surface area contributed by atoms with E-state index in [1.54, 1.807) is 12.3 Å². The molecule has 1 aromatic carbocycles. The normalized spacial score (nSPS) is 11.9. The zero-order chi connectivity index (χ0) is 15.4. The molecule has 2 aromatic rings. The van der Waals surface area contributed by atoms with Gasteiger partial charge in [-0.3, -0.25) is 4.79 Å². The summed E-state index contributed by atoms with van der Waals surface area (Å²) >= 11 is 1.22. The van der Waals surface area contributed by atoms with Crippen LogP contribution in [0.5, 0.6) is 0 Å². The number of carboxylic acid groups (broad SMARTS) is 1. The van der Waals surface area contributed by atoms with Crippen molar-refractivity contribution >= 4 is 28.9 Å². The number of thiazole rings is 1. The predicted octanol–water partition coefficient (Wildman–Crippen LogP) is 1.32. The number of rotatable bonds is 5.